The first-order valence-electron chi connectivity index (χ1n) is 4.96. The zero-order chi connectivity index (χ0) is 12.0. The van der Waals surface area contributed by atoms with Crippen LogP contribution in [0.4, 0.5) is 0 Å². The van der Waals surface area contributed by atoms with Crippen LogP contribution < -0.4 is 5.32 Å². The lowest BCUT2D eigenvalue weighted by molar-refractivity contribution is 0.639. The zero-order valence-corrected chi connectivity index (χ0v) is 10.3. The highest BCUT2D eigenvalue weighted by atomic mass is 35.5. The summed E-state index contributed by atoms with van der Waals surface area (Å²) >= 11 is 6.02. The van der Waals surface area contributed by atoms with Crippen LogP contribution >= 0.6 is 11.6 Å². The van der Waals surface area contributed by atoms with Crippen molar-refractivity contribution < 1.29 is 0 Å². The summed E-state index contributed by atoms with van der Waals surface area (Å²) in [6.07, 6.45) is 1.70. The van der Waals surface area contributed by atoms with Gasteiger partial charge in [0.1, 0.15) is 5.82 Å². The van der Waals surface area contributed by atoms with E-state index in [-0.39, 0.29) is 0 Å². The van der Waals surface area contributed by atoms with Crippen molar-refractivity contribution in [2.75, 3.05) is 14.1 Å². The van der Waals surface area contributed by atoms with Gasteiger partial charge in [-0.1, -0.05) is 36.4 Å². The Hall–Kier alpha value is -1.48. The summed E-state index contributed by atoms with van der Waals surface area (Å²) in [7, 11) is 3.82. The van der Waals surface area contributed by atoms with E-state index in [1.165, 1.54) is 0 Å². The van der Waals surface area contributed by atoms with E-state index in [0.717, 1.165) is 10.6 Å². The van der Waals surface area contributed by atoms with Crippen LogP contribution in [-0.4, -0.2) is 25.3 Å². The Bertz CT molecular complexity index is 386. The third-order valence-corrected chi connectivity index (χ3v) is 2.25. The fraction of sp³-hybridized carbons (Fsp3) is 0.250. The molecule has 0 amide bonds. The Morgan fingerprint density at radius 2 is 2.19 bits per heavy atom. The first kappa shape index (κ1) is 12.6. The molecule has 0 fully saturated rings. The standard InChI is InChI=1S/C12H16ClN3/c1-10(15-9-16(2)3)14-8-11-6-4-5-7-12(11)13/h4-7,9,14H,1,8H2,2-3H3. The van der Waals surface area contributed by atoms with Crippen molar-refractivity contribution in [1.82, 2.24) is 10.2 Å². The van der Waals surface area contributed by atoms with Crippen LogP contribution in [0.5, 0.6) is 0 Å². The third kappa shape index (κ3) is 4.36. The lowest BCUT2D eigenvalue weighted by Gasteiger charge is -2.08. The Labute approximate surface area is 101 Å². The van der Waals surface area contributed by atoms with E-state index in [2.05, 4.69) is 16.9 Å². The minimum atomic E-state index is 0.619. The molecule has 1 rings (SSSR count). The normalized spacial score (nSPS) is 10.4. The van der Waals surface area contributed by atoms with Crippen molar-refractivity contribution >= 4 is 17.9 Å². The molecule has 1 aromatic rings. The second kappa shape index (κ2) is 6.18. The summed E-state index contributed by atoms with van der Waals surface area (Å²) in [5, 5.41) is 3.84. The maximum Gasteiger partial charge on any atom is 0.120 e. The molecule has 0 saturated heterocycles. The number of rotatable bonds is 5. The second-order valence-electron chi connectivity index (χ2n) is 3.60. The second-order valence-corrected chi connectivity index (χ2v) is 4.01. The van der Waals surface area contributed by atoms with Gasteiger partial charge in [-0.25, -0.2) is 4.99 Å². The number of nitrogens with one attached hydrogen (secondary N) is 1. The van der Waals surface area contributed by atoms with E-state index in [0.29, 0.717) is 12.4 Å². The van der Waals surface area contributed by atoms with Crippen LogP contribution in [0.15, 0.2) is 41.7 Å². The number of benzene rings is 1. The van der Waals surface area contributed by atoms with Crippen LogP contribution in [0.3, 0.4) is 0 Å². The Balaban J connectivity index is 2.46. The van der Waals surface area contributed by atoms with Gasteiger partial charge in [0.25, 0.3) is 0 Å². The molecular formula is C12H16ClN3. The molecule has 3 nitrogen and oxygen atoms in total. The van der Waals surface area contributed by atoms with Crippen LogP contribution in [0.1, 0.15) is 5.56 Å². The van der Waals surface area contributed by atoms with Crippen LogP contribution in [0.25, 0.3) is 0 Å². The molecule has 4 heteroatoms. The lowest BCUT2D eigenvalue weighted by Crippen LogP contribution is -2.13. The van der Waals surface area contributed by atoms with Crippen LogP contribution in [0.2, 0.25) is 5.02 Å². The molecule has 0 atom stereocenters. The molecule has 0 radical (unpaired) electrons. The molecule has 0 aliphatic rings. The van der Waals surface area contributed by atoms with Gasteiger partial charge in [0, 0.05) is 25.7 Å². The van der Waals surface area contributed by atoms with Crippen molar-refractivity contribution in [3.63, 3.8) is 0 Å². The molecule has 1 N–H and O–H groups in total. The van der Waals surface area contributed by atoms with Gasteiger partial charge >= 0.3 is 0 Å². The Morgan fingerprint density at radius 3 is 2.81 bits per heavy atom. The topological polar surface area (TPSA) is 27.6 Å². The fourth-order valence-electron chi connectivity index (χ4n) is 1.07. The molecule has 1 aromatic carbocycles. The highest BCUT2D eigenvalue weighted by molar-refractivity contribution is 6.31. The molecular weight excluding hydrogens is 222 g/mol. The summed E-state index contributed by atoms with van der Waals surface area (Å²) in [6, 6.07) is 7.70. The Kier molecular flexibility index (Phi) is 4.86. The van der Waals surface area contributed by atoms with Gasteiger partial charge in [0.2, 0.25) is 0 Å². The molecule has 0 unspecified atom stereocenters. The summed E-state index contributed by atoms with van der Waals surface area (Å²) in [4.78, 5) is 5.97. The fourth-order valence-corrected chi connectivity index (χ4v) is 1.27. The number of halogens is 1. The maximum atomic E-state index is 6.02. The number of hydrogen-bond donors (Lipinski definition) is 1. The van der Waals surface area contributed by atoms with Crippen molar-refractivity contribution in [1.29, 1.82) is 0 Å². The van der Waals surface area contributed by atoms with Gasteiger partial charge in [0.05, 0.1) is 6.34 Å². The van der Waals surface area contributed by atoms with Crippen molar-refractivity contribution in [3.8, 4) is 0 Å². The van der Waals surface area contributed by atoms with Gasteiger partial charge in [-0.2, -0.15) is 0 Å². The average Bonchev–Trinajstić information content (AvgIpc) is 2.25. The first-order chi connectivity index (χ1) is 7.59. The highest BCUT2D eigenvalue weighted by Gasteiger charge is 1.98. The number of nitrogens with zero attached hydrogens (tertiary/aromatic N) is 2. The summed E-state index contributed by atoms with van der Waals surface area (Å²) in [5.74, 6) is 0.619. The van der Waals surface area contributed by atoms with E-state index in [1.54, 1.807) is 6.34 Å². The summed E-state index contributed by atoms with van der Waals surface area (Å²) in [6.45, 7) is 4.42. The van der Waals surface area contributed by atoms with E-state index < -0.39 is 0 Å². The molecule has 0 aliphatic carbocycles. The predicted molar refractivity (Wildman–Crippen MR) is 69.6 cm³/mol. The Morgan fingerprint density at radius 1 is 1.50 bits per heavy atom. The van der Waals surface area contributed by atoms with Crippen molar-refractivity contribution in [2.24, 2.45) is 4.99 Å². The molecule has 86 valence electrons. The molecule has 0 bridgehead atoms. The van der Waals surface area contributed by atoms with Gasteiger partial charge in [-0.15, -0.1) is 0 Å². The molecule has 0 saturated carbocycles. The van der Waals surface area contributed by atoms with Crippen LogP contribution in [0, 0.1) is 0 Å². The third-order valence-electron chi connectivity index (χ3n) is 1.89. The lowest BCUT2D eigenvalue weighted by atomic mass is 10.2. The smallest absolute Gasteiger partial charge is 0.120 e. The van der Waals surface area contributed by atoms with Crippen molar-refractivity contribution in [3.05, 3.63) is 47.3 Å². The molecule has 16 heavy (non-hydrogen) atoms. The number of aliphatic imine (C=N–C) groups is 1. The average molecular weight is 238 g/mol. The van der Waals surface area contributed by atoms with E-state index >= 15 is 0 Å². The number of hydrogen-bond acceptors (Lipinski definition) is 2. The zero-order valence-electron chi connectivity index (χ0n) is 9.57. The largest absolute Gasteiger partial charge is 0.369 e. The van der Waals surface area contributed by atoms with E-state index in [4.69, 9.17) is 11.6 Å². The monoisotopic (exact) mass is 237 g/mol. The van der Waals surface area contributed by atoms with Crippen molar-refractivity contribution in [2.45, 2.75) is 6.54 Å². The molecule has 0 spiro atoms. The highest BCUT2D eigenvalue weighted by Crippen LogP contribution is 2.14. The first-order valence-corrected chi connectivity index (χ1v) is 5.34. The minimum Gasteiger partial charge on any atom is -0.369 e. The molecule has 0 aromatic heterocycles. The molecule has 0 heterocycles. The van der Waals surface area contributed by atoms with E-state index in [1.807, 2.05) is 43.3 Å². The van der Waals surface area contributed by atoms with Crippen LogP contribution in [-0.2, 0) is 6.54 Å². The predicted octanol–water partition coefficient (Wildman–Crippen LogP) is 2.49. The SMILES string of the molecule is C=C(N=CN(C)C)NCc1ccccc1Cl. The minimum absolute atomic E-state index is 0.619. The van der Waals surface area contributed by atoms with Gasteiger partial charge in [-0.05, 0) is 11.6 Å². The van der Waals surface area contributed by atoms with Gasteiger partial charge in [0.15, 0.2) is 0 Å². The quantitative estimate of drug-likeness (QED) is 0.630. The van der Waals surface area contributed by atoms with E-state index in [9.17, 15) is 0 Å². The molecule has 0 aliphatic heterocycles. The van der Waals surface area contributed by atoms with Gasteiger partial charge < -0.3 is 10.2 Å². The van der Waals surface area contributed by atoms with Gasteiger partial charge in [-0.3, -0.25) is 0 Å². The summed E-state index contributed by atoms with van der Waals surface area (Å²) in [5.41, 5.74) is 1.03. The maximum absolute atomic E-state index is 6.02. The summed E-state index contributed by atoms with van der Waals surface area (Å²) < 4.78 is 0.